The highest BCUT2D eigenvalue weighted by Crippen LogP contribution is 2.10. The number of hydrogen-bond donors (Lipinski definition) is 2. The number of aromatic nitrogens is 4. The van der Waals surface area contributed by atoms with Gasteiger partial charge in [-0.1, -0.05) is 0 Å². The van der Waals surface area contributed by atoms with Crippen LogP contribution in [0.5, 0.6) is 0 Å². The molecule has 2 aromatic heterocycles. The van der Waals surface area contributed by atoms with Crippen LogP contribution in [0.3, 0.4) is 0 Å². The largest absolute Gasteiger partial charge is 0.309 e. The van der Waals surface area contributed by atoms with E-state index in [0.717, 1.165) is 0 Å². The molecule has 3 rings (SSSR count). The molecule has 3 aromatic rings. The molecule has 0 bridgehead atoms. The number of carbonyl (C=O) groups excluding carboxylic acids is 2. The Labute approximate surface area is 141 Å². The first-order valence-electron chi connectivity index (χ1n) is 7.25. The Bertz CT molecular complexity index is 908. The molecule has 0 aliphatic rings. The van der Waals surface area contributed by atoms with Gasteiger partial charge < -0.3 is 0 Å². The van der Waals surface area contributed by atoms with Crippen LogP contribution in [0.2, 0.25) is 0 Å². The van der Waals surface area contributed by atoms with Crippen molar-refractivity contribution in [3.63, 3.8) is 0 Å². The first kappa shape index (κ1) is 16.2. The number of pyridine rings is 1. The van der Waals surface area contributed by atoms with E-state index in [1.165, 1.54) is 41.3 Å². The van der Waals surface area contributed by atoms with Crippen LogP contribution < -0.4 is 10.9 Å². The van der Waals surface area contributed by atoms with E-state index in [4.69, 9.17) is 0 Å². The molecule has 2 heterocycles. The SMILES string of the molecule is Cc1nc(C(=O)NNC(=O)c2cccnc2)nn1-c1ccc(F)cc1. The van der Waals surface area contributed by atoms with Crippen molar-refractivity contribution in [2.24, 2.45) is 0 Å². The van der Waals surface area contributed by atoms with E-state index < -0.39 is 11.8 Å². The lowest BCUT2D eigenvalue weighted by Gasteiger charge is -2.05. The van der Waals surface area contributed by atoms with Gasteiger partial charge >= 0.3 is 5.91 Å². The van der Waals surface area contributed by atoms with Crippen LogP contribution in [0.15, 0.2) is 48.8 Å². The van der Waals surface area contributed by atoms with E-state index in [-0.39, 0.29) is 11.6 Å². The summed E-state index contributed by atoms with van der Waals surface area (Å²) >= 11 is 0. The van der Waals surface area contributed by atoms with E-state index in [2.05, 4.69) is 25.9 Å². The zero-order valence-corrected chi connectivity index (χ0v) is 13.1. The van der Waals surface area contributed by atoms with Gasteiger partial charge in [-0.15, -0.1) is 5.10 Å². The molecule has 25 heavy (non-hydrogen) atoms. The van der Waals surface area contributed by atoms with Crippen LogP contribution in [0.4, 0.5) is 4.39 Å². The predicted octanol–water partition coefficient (Wildman–Crippen LogP) is 1.18. The van der Waals surface area contributed by atoms with Crippen molar-refractivity contribution in [3.8, 4) is 5.69 Å². The quantitative estimate of drug-likeness (QED) is 0.697. The molecule has 0 radical (unpaired) electrons. The van der Waals surface area contributed by atoms with E-state index in [1.807, 2.05) is 0 Å². The van der Waals surface area contributed by atoms with Crippen molar-refractivity contribution in [1.82, 2.24) is 30.6 Å². The number of nitrogens with one attached hydrogen (secondary N) is 2. The van der Waals surface area contributed by atoms with Crippen molar-refractivity contribution in [2.45, 2.75) is 6.92 Å². The smallest absolute Gasteiger partial charge is 0.267 e. The number of carbonyl (C=O) groups is 2. The Hall–Kier alpha value is -3.62. The van der Waals surface area contributed by atoms with E-state index in [1.54, 1.807) is 19.1 Å². The fourth-order valence-corrected chi connectivity index (χ4v) is 2.05. The Balaban J connectivity index is 1.70. The molecule has 0 unspecified atom stereocenters. The minimum atomic E-state index is -0.679. The van der Waals surface area contributed by atoms with Crippen LogP contribution in [-0.2, 0) is 0 Å². The zero-order valence-electron chi connectivity index (χ0n) is 13.1. The highest BCUT2D eigenvalue weighted by atomic mass is 19.1. The fourth-order valence-electron chi connectivity index (χ4n) is 2.05. The lowest BCUT2D eigenvalue weighted by atomic mass is 10.3. The van der Waals surface area contributed by atoms with E-state index >= 15 is 0 Å². The maximum absolute atomic E-state index is 13.0. The Morgan fingerprint density at radius 1 is 1.08 bits per heavy atom. The predicted molar refractivity (Wildman–Crippen MR) is 85.2 cm³/mol. The van der Waals surface area contributed by atoms with Gasteiger partial charge in [-0.25, -0.2) is 14.1 Å². The van der Waals surface area contributed by atoms with Crippen LogP contribution in [-0.4, -0.2) is 31.6 Å². The summed E-state index contributed by atoms with van der Waals surface area (Å²) in [6, 6.07) is 8.76. The number of rotatable bonds is 3. The molecular weight excluding hydrogens is 327 g/mol. The summed E-state index contributed by atoms with van der Waals surface area (Å²) in [7, 11) is 0. The van der Waals surface area contributed by atoms with E-state index in [0.29, 0.717) is 17.1 Å². The zero-order chi connectivity index (χ0) is 17.8. The van der Waals surface area contributed by atoms with Crippen molar-refractivity contribution in [3.05, 3.63) is 71.8 Å². The van der Waals surface area contributed by atoms with Gasteiger partial charge in [0, 0.05) is 12.4 Å². The van der Waals surface area contributed by atoms with Crippen molar-refractivity contribution >= 4 is 11.8 Å². The monoisotopic (exact) mass is 340 g/mol. The van der Waals surface area contributed by atoms with Crippen LogP contribution >= 0.6 is 0 Å². The molecule has 0 saturated carbocycles. The number of nitrogens with zero attached hydrogens (tertiary/aromatic N) is 4. The van der Waals surface area contributed by atoms with Crippen LogP contribution in [0, 0.1) is 12.7 Å². The van der Waals surface area contributed by atoms with Gasteiger partial charge in [0.05, 0.1) is 11.3 Å². The first-order chi connectivity index (χ1) is 12.0. The maximum atomic E-state index is 13.0. The number of hydrazine groups is 1. The maximum Gasteiger partial charge on any atom is 0.309 e. The molecule has 2 N–H and O–H groups in total. The van der Waals surface area contributed by atoms with Gasteiger partial charge in [0.1, 0.15) is 11.6 Å². The summed E-state index contributed by atoms with van der Waals surface area (Å²) in [5.74, 6) is -1.27. The third kappa shape index (κ3) is 3.66. The van der Waals surface area contributed by atoms with Crippen LogP contribution in [0.1, 0.15) is 26.8 Å². The molecule has 2 amide bonds. The number of amides is 2. The molecule has 9 heteroatoms. The summed E-state index contributed by atoms with van der Waals surface area (Å²) in [5.41, 5.74) is 5.34. The molecule has 0 fully saturated rings. The second-order valence-electron chi connectivity index (χ2n) is 5.02. The van der Waals surface area contributed by atoms with Gasteiger partial charge in [-0.05, 0) is 43.3 Å². The van der Waals surface area contributed by atoms with Crippen molar-refractivity contribution in [2.75, 3.05) is 0 Å². The summed E-state index contributed by atoms with van der Waals surface area (Å²) in [6.45, 7) is 1.65. The Morgan fingerprint density at radius 3 is 2.48 bits per heavy atom. The minimum Gasteiger partial charge on any atom is -0.267 e. The summed E-state index contributed by atoms with van der Waals surface area (Å²) < 4.78 is 14.4. The molecule has 1 aromatic carbocycles. The third-order valence-electron chi connectivity index (χ3n) is 3.26. The Kier molecular flexibility index (Phi) is 4.46. The van der Waals surface area contributed by atoms with Crippen LogP contribution in [0.25, 0.3) is 5.69 Å². The molecular formula is C16H13FN6O2. The average Bonchev–Trinajstić information content (AvgIpc) is 3.02. The number of halogens is 1. The number of benzene rings is 1. The molecule has 0 atom stereocenters. The van der Waals surface area contributed by atoms with Gasteiger partial charge in [0.15, 0.2) is 0 Å². The summed E-state index contributed by atoms with van der Waals surface area (Å²) in [6.07, 6.45) is 2.90. The third-order valence-corrected chi connectivity index (χ3v) is 3.26. The standard InChI is InChI=1S/C16H13FN6O2/c1-10-19-14(22-23(10)13-6-4-12(17)5-7-13)16(25)21-20-15(24)11-3-2-8-18-9-11/h2-9H,1H3,(H,20,24)(H,21,25). The molecule has 8 nitrogen and oxygen atoms in total. The average molecular weight is 340 g/mol. The lowest BCUT2D eigenvalue weighted by Crippen LogP contribution is -2.42. The van der Waals surface area contributed by atoms with Gasteiger partial charge in [0.2, 0.25) is 5.82 Å². The molecule has 0 aliphatic carbocycles. The van der Waals surface area contributed by atoms with Crippen molar-refractivity contribution < 1.29 is 14.0 Å². The van der Waals surface area contributed by atoms with Crippen molar-refractivity contribution in [1.29, 1.82) is 0 Å². The highest BCUT2D eigenvalue weighted by molar-refractivity contribution is 5.97. The topological polar surface area (TPSA) is 102 Å². The van der Waals surface area contributed by atoms with Gasteiger partial charge in [0.25, 0.3) is 5.91 Å². The van der Waals surface area contributed by atoms with E-state index in [9.17, 15) is 14.0 Å². The first-order valence-corrected chi connectivity index (χ1v) is 7.25. The molecule has 0 spiro atoms. The summed E-state index contributed by atoms with van der Waals surface area (Å²) in [4.78, 5) is 31.8. The second kappa shape index (κ2) is 6.87. The summed E-state index contributed by atoms with van der Waals surface area (Å²) in [5, 5.41) is 4.07. The fraction of sp³-hybridized carbons (Fsp3) is 0.0625. The molecule has 126 valence electrons. The lowest BCUT2D eigenvalue weighted by molar-refractivity contribution is 0.0840. The number of hydrogen-bond acceptors (Lipinski definition) is 5. The molecule has 0 aliphatic heterocycles. The minimum absolute atomic E-state index is 0.131. The number of aryl methyl sites for hydroxylation is 1. The normalized spacial score (nSPS) is 10.3. The molecule has 0 saturated heterocycles. The second-order valence-corrected chi connectivity index (χ2v) is 5.02. The van der Waals surface area contributed by atoms with Gasteiger partial charge in [-0.3, -0.25) is 25.4 Å². The highest BCUT2D eigenvalue weighted by Gasteiger charge is 2.16. The Morgan fingerprint density at radius 2 is 1.80 bits per heavy atom. The van der Waals surface area contributed by atoms with Gasteiger partial charge in [-0.2, -0.15) is 0 Å².